The van der Waals surface area contributed by atoms with E-state index >= 15 is 0 Å². The van der Waals surface area contributed by atoms with Crippen molar-refractivity contribution in [3.8, 4) is 6.07 Å². The molecule has 38 heavy (non-hydrogen) atoms. The molecule has 2 aromatic carbocycles. The smallest absolute Gasteiger partial charge is 0.211 e. The lowest BCUT2D eigenvalue weighted by Gasteiger charge is -2.25. The Morgan fingerprint density at radius 3 is 2.37 bits per heavy atom. The molecule has 4 unspecified atom stereocenters. The van der Waals surface area contributed by atoms with E-state index in [1.165, 1.54) is 12.1 Å². The van der Waals surface area contributed by atoms with Crippen molar-refractivity contribution in [2.45, 2.75) is 52.1 Å². The lowest BCUT2D eigenvalue weighted by atomic mass is 9.78. The van der Waals surface area contributed by atoms with E-state index in [1.807, 2.05) is 6.92 Å². The van der Waals surface area contributed by atoms with Crippen molar-refractivity contribution in [1.29, 1.82) is 5.26 Å². The maximum Gasteiger partial charge on any atom is 0.211 e. The maximum absolute atomic E-state index is 14.3. The van der Waals surface area contributed by atoms with Gasteiger partial charge in [-0.1, -0.05) is 62.2 Å². The molecule has 1 saturated heterocycles. The number of nitrogens with one attached hydrogen (secondary N) is 2. The molecule has 4 atom stereocenters. The molecule has 1 aliphatic heterocycles. The van der Waals surface area contributed by atoms with E-state index in [4.69, 9.17) is 23.2 Å². The van der Waals surface area contributed by atoms with Crippen LogP contribution in [0.5, 0.6) is 0 Å². The Morgan fingerprint density at radius 2 is 1.84 bits per heavy atom. The second kappa shape index (κ2) is 14.8. The molecule has 4 rings (SSSR count). The molecule has 1 aliphatic rings. The molecule has 202 valence electrons. The number of carbonyl (C=O) groups is 1. The van der Waals surface area contributed by atoms with Crippen molar-refractivity contribution in [2.24, 2.45) is 11.3 Å². The molecule has 3 aromatic rings. The summed E-state index contributed by atoms with van der Waals surface area (Å²) in [4.78, 5) is 13.6. The number of aromatic nitrogens is 1. The SMILES string of the molecule is CC1NC(CC(C)(C)C)C(C#N)C1c1cccc(Cl)c1F.Fc1cccc(Cl)c1.O=CNc1cccnc1. The number of hydrogen-bond donors (Lipinski definition) is 2. The van der Waals surface area contributed by atoms with Crippen molar-refractivity contribution in [3.63, 3.8) is 0 Å². The van der Waals surface area contributed by atoms with E-state index in [-0.39, 0.29) is 40.2 Å². The van der Waals surface area contributed by atoms with Gasteiger partial charge >= 0.3 is 0 Å². The number of benzene rings is 2. The zero-order valence-corrected chi connectivity index (χ0v) is 23.3. The van der Waals surface area contributed by atoms with E-state index in [0.29, 0.717) is 22.7 Å². The first-order valence-corrected chi connectivity index (χ1v) is 12.8. The van der Waals surface area contributed by atoms with Crippen LogP contribution in [0.1, 0.15) is 45.6 Å². The maximum atomic E-state index is 14.3. The molecule has 1 amide bonds. The van der Waals surface area contributed by atoms with Gasteiger partial charge in [0.1, 0.15) is 11.6 Å². The highest BCUT2D eigenvalue weighted by Gasteiger charge is 2.44. The van der Waals surface area contributed by atoms with E-state index in [0.717, 1.165) is 6.42 Å². The Hall–Kier alpha value is -3.05. The molecule has 2 heterocycles. The van der Waals surface area contributed by atoms with Gasteiger partial charge in [0.05, 0.1) is 28.9 Å². The van der Waals surface area contributed by atoms with Crippen LogP contribution in [-0.2, 0) is 4.79 Å². The number of anilines is 1. The summed E-state index contributed by atoms with van der Waals surface area (Å²) in [5.74, 6) is -1.10. The quantitative estimate of drug-likeness (QED) is 0.321. The largest absolute Gasteiger partial charge is 0.327 e. The van der Waals surface area contributed by atoms with Gasteiger partial charge in [0.15, 0.2) is 0 Å². The summed E-state index contributed by atoms with van der Waals surface area (Å²) in [7, 11) is 0. The van der Waals surface area contributed by atoms with Gasteiger partial charge in [-0.15, -0.1) is 0 Å². The summed E-state index contributed by atoms with van der Waals surface area (Å²) in [6.07, 6.45) is 4.73. The minimum atomic E-state index is -0.394. The van der Waals surface area contributed by atoms with Gasteiger partial charge in [-0.3, -0.25) is 9.78 Å². The third kappa shape index (κ3) is 9.68. The normalized spacial score (nSPS) is 20.2. The van der Waals surface area contributed by atoms with Crippen molar-refractivity contribution in [2.75, 3.05) is 5.32 Å². The topological polar surface area (TPSA) is 77.8 Å². The van der Waals surface area contributed by atoms with Crippen LogP contribution in [0, 0.1) is 34.3 Å². The number of rotatable bonds is 4. The van der Waals surface area contributed by atoms with Crippen molar-refractivity contribution >= 4 is 35.3 Å². The first-order chi connectivity index (χ1) is 18.0. The summed E-state index contributed by atoms with van der Waals surface area (Å²) in [6, 6.07) is 16.9. The zero-order valence-electron chi connectivity index (χ0n) is 21.8. The predicted molar refractivity (Wildman–Crippen MR) is 149 cm³/mol. The van der Waals surface area contributed by atoms with E-state index < -0.39 is 5.82 Å². The molecular weight excluding hydrogens is 529 g/mol. The average Bonchev–Trinajstić information content (AvgIpc) is 3.15. The molecule has 1 aromatic heterocycles. The fraction of sp³-hybridized carbons (Fsp3) is 0.345. The fourth-order valence-corrected chi connectivity index (χ4v) is 4.70. The molecule has 0 bridgehead atoms. The predicted octanol–water partition coefficient (Wildman–Crippen LogP) is 7.63. The van der Waals surface area contributed by atoms with Crippen LogP contribution in [0.15, 0.2) is 67.0 Å². The minimum Gasteiger partial charge on any atom is -0.327 e. The molecule has 0 saturated carbocycles. The number of amides is 1. The van der Waals surface area contributed by atoms with Gasteiger partial charge in [-0.05, 0) is 60.7 Å². The van der Waals surface area contributed by atoms with Gasteiger partial charge in [0.2, 0.25) is 6.41 Å². The number of carbonyl (C=O) groups excluding carboxylic acids is 1. The van der Waals surface area contributed by atoms with E-state index in [2.05, 4.69) is 42.5 Å². The Bertz CT molecular complexity index is 1200. The van der Waals surface area contributed by atoms with Crippen molar-refractivity contribution in [1.82, 2.24) is 10.3 Å². The van der Waals surface area contributed by atoms with Crippen LogP contribution >= 0.6 is 23.2 Å². The van der Waals surface area contributed by atoms with Crippen LogP contribution in [0.3, 0.4) is 0 Å². The van der Waals surface area contributed by atoms with Crippen LogP contribution in [0.2, 0.25) is 10.0 Å². The van der Waals surface area contributed by atoms with Gasteiger partial charge < -0.3 is 10.6 Å². The lowest BCUT2D eigenvalue weighted by Crippen LogP contribution is -2.33. The van der Waals surface area contributed by atoms with E-state index in [1.54, 1.807) is 54.9 Å². The molecular formula is C29H32Cl2F2N4O. The highest BCUT2D eigenvalue weighted by atomic mass is 35.5. The minimum absolute atomic E-state index is 0.0509. The number of pyridine rings is 1. The monoisotopic (exact) mass is 560 g/mol. The highest BCUT2D eigenvalue weighted by Crippen LogP contribution is 2.41. The Balaban J connectivity index is 0.000000243. The highest BCUT2D eigenvalue weighted by molar-refractivity contribution is 6.31. The summed E-state index contributed by atoms with van der Waals surface area (Å²) < 4.78 is 26.4. The first kappa shape index (κ1) is 31.2. The van der Waals surface area contributed by atoms with Gasteiger partial charge in [0.25, 0.3) is 0 Å². The third-order valence-corrected chi connectivity index (χ3v) is 6.36. The van der Waals surface area contributed by atoms with Crippen LogP contribution in [-0.4, -0.2) is 23.5 Å². The van der Waals surface area contributed by atoms with Crippen molar-refractivity contribution < 1.29 is 13.6 Å². The lowest BCUT2D eigenvalue weighted by molar-refractivity contribution is -0.105. The second-order valence-electron chi connectivity index (χ2n) is 10.1. The van der Waals surface area contributed by atoms with Gasteiger partial charge in [-0.2, -0.15) is 5.26 Å². The third-order valence-electron chi connectivity index (χ3n) is 5.83. The van der Waals surface area contributed by atoms with Gasteiger partial charge in [-0.25, -0.2) is 8.78 Å². The fourth-order valence-electron chi connectivity index (χ4n) is 4.34. The Morgan fingerprint density at radius 1 is 1.13 bits per heavy atom. The van der Waals surface area contributed by atoms with E-state index in [9.17, 15) is 18.8 Å². The standard InChI is InChI=1S/C17H22ClFN2.C6H4ClF.C6H6N2O/c1-10-15(11-6-5-7-13(18)16(11)19)12(9-20)14(21-10)8-17(2,3)4;7-5-2-1-3-6(8)4-5;9-5-8-6-2-1-3-7-4-6/h5-7,10,12,14-15,21H,8H2,1-4H3;1-4H;1-5H,(H,8,9). The van der Waals surface area contributed by atoms with Crippen LogP contribution < -0.4 is 10.6 Å². The molecule has 0 aliphatic carbocycles. The van der Waals surface area contributed by atoms with Gasteiger partial charge in [0, 0.05) is 29.2 Å². The molecule has 5 nitrogen and oxygen atoms in total. The molecule has 9 heteroatoms. The number of halogens is 4. The molecule has 0 radical (unpaired) electrons. The average molecular weight is 562 g/mol. The summed E-state index contributed by atoms with van der Waals surface area (Å²) in [6.45, 7) is 8.47. The van der Waals surface area contributed by atoms with Crippen molar-refractivity contribution in [3.05, 3.63) is 94.2 Å². The summed E-state index contributed by atoms with van der Waals surface area (Å²) >= 11 is 11.3. The number of nitrogens with zero attached hydrogens (tertiary/aromatic N) is 2. The van der Waals surface area contributed by atoms with Crippen LogP contribution in [0.25, 0.3) is 0 Å². The second-order valence-corrected chi connectivity index (χ2v) is 10.9. The Labute approximate surface area is 233 Å². The summed E-state index contributed by atoms with van der Waals surface area (Å²) in [5.41, 5.74) is 1.38. The number of nitriles is 1. The zero-order chi connectivity index (χ0) is 28.3. The van der Waals surface area contributed by atoms with Crippen LogP contribution in [0.4, 0.5) is 14.5 Å². The Kier molecular flexibility index (Phi) is 12.1. The number of hydrogen-bond acceptors (Lipinski definition) is 4. The molecule has 2 N–H and O–H groups in total. The molecule has 0 spiro atoms. The first-order valence-electron chi connectivity index (χ1n) is 12.1. The molecule has 1 fully saturated rings. The summed E-state index contributed by atoms with van der Waals surface area (Å²) in [5, 5.41) is 16.1.